The number of rotatable bonds is 8. The molecule has 0 aliphatic carbocycles. The third-order valence-corrected chi connectivity index (χ3v) is 2.90. The molecule has 0 fully saturated rings. The first-order chi connectivity index (χ1) is 9.81. The Balaban J connectivity index is 1.94. The van der Waals surface area contributed by atoms with Crippen molar-refractivity contribution < 1.29 is 4.42 Å². The molecule has 2 rings (SSSR count). The number of furan rings is 1. The van der Waals surface area contributed by atoms with Crippen LogP contribution in [0, 0.1) is 0 Å². The SMILES string of the molecule is CCCNc1cc(NCCc2ccco2)nc(CC)n1. The number of hydrogen-bond acceptors (Lipinski definition) is 5. The van der Waals surface area contributed by atoms with E-state index >= 15 is 0 Å². The lowest BCUT2D eigenvalue weighted by molar-refractivity contribution is 0.513. The number of nitrogens with zero attached hydrogens (tertiary/aromatic N) is 2. The molecule has 108 valence electrons. The van der Waals surface area contributed by atoms with Gasteiger partial charge in [0.15, 0.2) is 0 Å². The van der Waals surface area contributed by atoms with Crippen molar-refractivity contribution in [2.45, 2.75) is 33.1 Å². The Morgan fingerprint density at radius 1 is 1.10 bits per heavy atom. The average molecular weight is 274 g/mol. The summed E-state index contributed by atoms with van der Waals surface area (Å²) in [6, 6.07) is 5.84. The summed E-state index contributed by atoms with van der Waals surface area (Å²) < 4.78 is 5.31. The molecule has 2 aromatic heterocycles. The van der Waals surface area contributed by atoms with Crippen LogP contribution in [0.3, 0.4) is 0 Å². The van der Waals surface area contributed by atoms with E-state index < -0.39 is 0 Å². The summed E-state index contributed by atoms with van der Waals surface area (Å²) in [6.07, 6.45) is 4.44. The van der Waals surface area contributed by atoms with E-state index in [2.05, 4.69) is 34.4 Å². The van der Waals surface area contributed by atoms with Gasteiger partial charge in [-0.2, -0.15) is 0 Å². The Kier molecular flexibility index (Phi) is 5.41. The number of hydrogen-bond donors (Lipinski definition) is 2. The predicted molar refractivity (Wildman–Crippen MR) is 81.1 cm³/mol. The fourth-order valence-corrected chi connectivity index (χ4v) is 1.86. The molecule has 0 spiro atoms. The third-order valence-electron chi connectivity index (χ3n) is 2.90. The van der Waals surface area contributed by atoms with Crippen LogP contribution in [0.25, 0.3) is 0 Å². The van der Waals surface area contributed by atoms with Crippen LogP contribution >= 0.6 is 0 Å². The van der Waals surface area contributed by atoms with E-state index in [-0.39, 0.29) is 0 Å². The summed E-state index contributed by atoms with van der Waals surface area (Å²) in [5.74, 6) is 3.58. The molecule has 0 saturated carbocycles. The maximum Gasteiger partial charge on any atom is 0.132 e. The zero-order valence-electron chi connectivity index (χ0n) is 12.1. The summed E-state index contributed by atoms with van der Waals surface area (Å²) in [5.41, 5.74) is 0. The number of nitrogens with one attached hydrogen (secondary N) is 2. The van der Waals surface area contributed by atoms with Gasteiger partial charge in [-0.05, 0) is 18.6 Å². The molecule has 0 aliphatic heterocycles. The van der Waals surface area contributed by atoms with E-state index in [0.29, 0.717) is 0 Å². The van der Waals surface area contributed by atoms with E-state index in [0.717, 1.165) is 55.6 Å². The monoisotopic (exact) mass is 274 g/mol. The van der Waals surface area contributed by atoms with Crippen molar-refractivity contribution in [3.05, 3.63) is 36.0 Å². The predicted octanol–water partition coefficient (Wildman–Crippen LogP) is 3.11. The molecule has 5 nitrogen and oxygen atoms in total. The normalized spacial score (nSPS) is 10.5. The molecule has 0 radical (unpaired) electrons. The fourth-order valence-electron chi connectivity index (χ4n) is 1.86. The molecule has 2 heterocycles. The second-order valence-corrected chi connectivity index (χ2v) is 4.59. The van der Waals surface area contributed by atoms with Crippen molar-refractivity contribution in [1.29, 1.82) is 0 Å². The highest BCUT2D eigenvalue weighted by Gasteiger charge is 2.03. The van der Waals surface area contributed by atoms with Crippen LogP contribution < -0.4 is 10.6 Å². The van der Waals surface area contributed by atoms with E-state index in [1.165, 1.54) is 0 Å². The van der Waals surface area contributed by atoms with E-state index in [1.807, 2.05) is 18.2 Å². The maximum absolute atomic E-state index is 5.31. The lowest BCUT2D eigenvalue weighted by Gasteiger charge is -2.10. The van der Waals surface area contributed by atoms with Gasteiger partial charge >= 0.3 is 0 Å². The molecule has 0 atom stereocenters. The lowest BCUT2D eigenvalue weighted by Crippen LogP contribution is -2.10. The molecule has 0 unspecified atom stereocenters. The Morgan fingerprint density at radius 3 is 2.45 bits per heavy atom. The molecule has 2 aromatic rings. The Labute approximate surface area is 119 Å². The van der Waals surface area contributed by atoms with Crippen molar-refractivity contribution in [2.24, 2.45) is 0 Å². The number of aromatic nitrogens is 2. The van der Waals surface area contributed by atoms with Gasteiger partial charge in [0, 0.05) is 32.0 Å². The number of aryl methyl sites for hydroxylation is 1. The van der Waals surface area contributed by atoms with Gasteiger partial charge in [0.2, 0.25) is 0 Å². The Morgan fingerprint density at radius 2 is 1.85 bits per heavy atom. The molecular formula is C15H22N4O. The largest absolute Gasteiger partial charge is 0.469 e. The lowest BCUT2D eigenvalue weighted by atomic mass is 10.3. The van der Waals surface area contributed by atoms with Crippen LogP contribution in [0.4, 0.5) is 11.6 Å². The van der Waals surface area contributed by atoms with Gasteiger partial charge in [-0.3, -0.25) is 0 Å². The van der Waals surface area contributed by atoms with E-state index in [4.69, 9.17) is 4.42 Å². The van der Waals surface area contributed by atoms with Crippen LogP contribution in [0.2, 0.25) is 0 Å². The van der Waals surface area contributed by atoms with Crippen molar-refractivity contribution in [1.82, 2.24) is 9.97 Å². The maximum atomic E-state index is 5.31. The summed E-state index contributed by atoms with van der Waals surface area (Å²) in [6.45, 7) is 5.91. The quantitative estimate of drug-likeness (QED) is 0.774. The van der Waals surface area contributed by atoms with Crippen LogP contribution in [-0.2, 0) is 12.8 Å². The second-order valence-electron chi connectivity index (χ2n) is 4.59. The van der Waals surface area contributed by atoms with Gasteiger partial charge in [0.25, 0.3) is 0 Å². The van der Waals surface area contributed by atoms with Crippen LogP contribution in [0.5, 0.6) is 0 Å². The Bertz CT molecular complexity index is 511. The van der Waals surface area contributed by atoms with E-state index in [9.17, 15) is 0 Å². The highest BCUT2D eigenvalue weighted by atomic mass is 16.3. The zero-order valence-corrected chi connectivity index (χ0v) is 12.1. The van der Waals surface area contributed by atoms with Gasteiger partial charge in [0.05, 0.1) is 6.26 Å². The molecule has 2 N–H and O–H groups in total. The minimum Gasteiger partial charge on any atom is -0.469 e. The molecule has 0 aliphatic rings. The van der Waals surface area contributed by atoms with Crippen LogP contribution in [0.1, 0.15) is 31.9 Å². The summed E-state index contributed by atoms with van der Waals surface area (Å²) >= 11 is 0. The van der Waals surface area contributed by atoms with Crippen molar-refractivity contribution in [3.63, 3.8) is 0 Å². The first-order valence-electron chi connectivity index (χ1n) is 7.20. The highest BCUT2D eigenvalue weighted by molar-refractivity contribution is 5.47. The topological polar surface area (TPSA) is 63.0 Å². The molecule has 0 amide bonds. The highest BCUT2D eigenvalue weighted by Crippen LogP contribution is 2.12. The van der Waals surface area contributed by atoms with Gasteiger partial charge in [-0.25, -0.2) is 9.97 Å². The van der Waals surface area contributed by atoms with Crippen molar-refractivity contribution >= 4 is 11.6 Å². The first-order valence-corrected chi connectivity index (χ1v) is 7.20. The molecule has 0 bridgehead atoms. The van der Waals surface area contributed by atoms with Crippen LogP contribution in [0.15, 0.2) is 28.9 Å². The van der Waals surface area contributed by atoms with Gasteiger partial charge in [-0.15, -0.1) is 0 Å². The fraction of sp³-hybridized carbons (Fsp3) is 0.467. The van der Waals surface area contributed by atoms with Gasteiger partial charge in [-0.1, -0.05) is 13.8 Å². The molecule has 0 aromatic carbocycles. The van der Waals surface area contributed by atoms with Gasteiger partial charge < -0.3 is 15.1 Å². The van der Waals surface area contributed by atoms with Crippen LogP contribution in [-0.4, -0.2) is 23.1 Å². The zero-order chi connectivity index (χ0) is 14.2. The average Bonchev–Trinajstić information content (AvgIpc) is 2.98. The van der Waals surface area contributed by atoms with Crippen molar-refractivity contribution in [2.75, 3.05) is 23.7 Å². The first kappa shape index (κ1) is 14.4. The number of anilines is 2. The van der Waals surface area contributed by atoms with Gasteiger partial charge in [0.1, 0.15) is 23.2 Å². The molecule has 20 heavy (non-hydrogen) atoms. The minimum absolute atomic E-state index is 0.793. The summed E-state index contributed by atoms with van der Waals surface area (Å²) in [7, 11) is 0. The molecule has 5 heteroatoms. The molecule has 0 saturated heterocycles. The molecular weight excluding hydrogens is 252 g/mol. The summed E-state index contributed by atoms with van der Waals surface area (Å²) in [4.78, 5) is 8.95. The Hall–Kier alpha value is -2.04. The smallest absolute Gasteiger partial charge is 0.132 e. The second kappa shape index (κ2) is 7.53. The minimum atomic E-state index is 0.793. The third kappa shape index (κ3) is 4.26. The summed E-state index contributed by atoms with van der Waals surface area (Å²) in [5, 5.41) is 6.63. The van der Waals surface area contributed by atoms with E-state index in [1.54, 1.807) is 6.26 Å². The van der Waals surface area contributed by atoms with Crippen molar-refractivity contribution in [3.8, 4) is 0 Å². The standard InChI is InChI=1S/C15H22N4O/c1-3-8-16-14-11-15(19-13(4-2)18-14)17-9-7-12-6-5-10-20-12/h5-6,10-11H,3-4,7-9H2,1-2H3,(H2,16,17,18,19).